The summed E-state index contributed by atoms with van der Waals surface area (Å²) >= 11 is 5.91. The van der Waals surface area contributed by atoms with Gasteiger partial charge in [-0.2, -0.15) is 0 Å². The van der Waals surface area contributed by atoms with Crippen LogP contribution in [0.2, 0.25) is 5.02 Å². The molecule has 7 heteroatoms. The van der Waals surface area contributed by atoms with Crippen molar-refractivity contribution in [1.82, 2.24) is 0 Å². The molecule has 0 radical (unpaired) electrons. The summed E-state index contributed by atoms with van der Waals surface area (Å²) < 4.78 is 18.1. The fraction of sp³-hybridized carbons (Fsp3) is 0.143. The Morgan fingerprint density at radius 1 is 1.33 bits per heavy atom. The van der Waals surface area contributed by atoms with Gasteiger partial charge in [0.25, 0.3) is 5.69 Å². The Morgan fingerprint density at radius 2 is 2.10 bits per heavy atom. The number of nitrogens with zero attached hydrogens (tertiary/aromatic N) is 1. The lowest BCUT2D eigenvalue weighted by atomic mass is 10.1. The predicted molar refractivity (Wildman–Crippen MR) is 78.4 cm³/mol. The number of rotatable bonds is 5. The van der Waals surface area contributed by atoms with Gasteiger partial charge in [0.15, 0.2) is 0 Å². The minimum Gasteiger partial charge on any atom is -0.496 e. The highest BCUT2D eigenvalue weighted by Gasteiger charge is 2.11. The maximum atomic E-state index is 13.0. The number of non-ortho nitro benzene ring substituents is 1. The highest BCUT2D eigenvalue weighted by atomic mass is 35.5. The van der Waals surface area contributed by atoms with Crippen LogP contribution in [-0.4, -0.2) is 12.0 Å². The van der Waals surface area contributed by atoms with Gasteiger partial charge >= 0.3 is 0 Å². The van der Waals surface area contributed by atoms with Gasteiger partial charge in [-0.1, -0.05) is 11.6 Å². The molecule has 0 spiro atoms. The van der Waals surface area contributed by atoms with E-state index in [1.54, 1.807) is 0 Å². The molecule has 2 aromatic rings. The molecule has 0 atom stereocenters. The van der Waals surface area contributed by atoms with Crippen LogP contribution in [0.3, 0.4) is 0 Å². The van der Waals surface area contributed by atoms with Gasteiger partial charge in [0.05, 0.1) is 22.7 Å². The summed E-state index contributed by atoms with van der Waals surface area (Å²) in [5.74, 6) is 0.0878. The Morgan fingerprint density at radius 3 is 2.71 bits per heavy atom. The second-order valence-corrected chi connectivity index (χ2v) is 4.64. The molecule has 2 aromatic carbocycles. The monoisotopic (exact) mass is 310 g/mol. The molecule has 5 nitrogen and oxygen atoms in total. The van der Waals surface area contributed by atoms with Gasteiger partial charge in [-0.15, -0.1) is 0 Å². The van der Waals surface area contributed by atoms with E-state index in [4.69, 9.17) is 16.3 Å². The van der Waals surface area contributed by atoms with Crippen LogP contribution < -0.4 is 10.1 Å². The number of hydrogen-bond acceptors (Lipinski definition) is 4. The fourth-order valence-corrected chi connectivity index (χ4v) is 2.07. The summed E-state index contributed by atoms with van der Waals surface area (Å²) in [5, 5.41) is 14.0. The average molecular weight is 311 g/mol. The standard InChI is InChI=1S/C14H12ClFN2O3/c1-21-14-5-3-11(18(19)20)6-9(14)8-17-13-4-2-10(16)7-12(13)15/h2-7,17H,8H2,1H3. The van der Waals surface area contributed by atoms with E-state index >= 15 is 0 Å². The van der Waals surface area contributed by atoms with E-state index in [1.807, 2.05) is 0 Å². The molecule has 0 heterocycles. The van der Waals surface area contributed by atoms with E-state index in [2.05, 4.69) is 5.32 Å². The van der Waals surface area contributed by atoms with Crippen LogP contribution in [0.5, 0.6) is 5.75 Å². The first-order chi connectivity index (χ1) is 10.0. The van der Waals surface area contributed by atoms with Gasteiger partial charge < -0.3 is 10.1 Å². The van der Waals surface area contributed by atoms with E-state index in [9.17, 15) is 14.5 Å². The first-order valence-electron chi connectivity index (χ1n) is 6.01. The van der Waals surface area contributed by atoms with Crippen LogP contribution >= 0.6 is 11.6 Å². The molecule has 2 rings (SSSR count). The number of nitro benzene ring substituents is 1. The minimum atomic E-state index is -0.478. The average Bonchev–Trinajstić information content (AvgIpc) is 2.46. The Bertz CT molecular complexity index is 679. The van der Waals surface area contributed by atoms with E-state index in [0.29, 0.717) is 17.0 Å². The van der Waals surface area contributed by atoms with Crippen LogP contribution in [0.4, 0.5) is 15.8 Å². The number of nitro groups is 1. The van der Waals surface area contributed by atoms with Gasteiger partial charge in [-0.25, -0.2) is 4.39 Å². The number of nitrogens with one attached hydrogen (secondary N) is 1. The summed E-state index contributed by atoms with van der Waals surface area (Å²) in [6.45, 7) is 0.260. The van der Waals surface area contributed by atoms with Crippen LogP contribution in [0, 0.1) is 15.9 Å². The second kappa shape index (κ2) is 6.41. The number of hydrogen-bond donors (Lipinski definition) is 1. The third kappa shape index (κ3) is 3.61. The molecular formula is C14H12ClFN2O3. The van der Waals surface area contributed by atoms with Crippen LogP contribution in [-0.2, 0) is 6.54 Å². The van der Waals surface area contributed by atoms with Crippen molar-refractivity contribution in [2.45, 2.75) is 6.54 Å². The number of ether oxygens (including phenoxy) is 1. The van der Waals surface area contributed by atoms with Crippen molar-refractivity contribution in [1.29, 1.82) is 0 Å². The minimum absolute atomic E-state index is 0.0298. The normalized spacial score (nSPS) is 10.2. The van der Waals surface area contributed by atoms with Crippen molar-refractivity contribution in [3.8, 4) is 5.75 Å². The summed E-state index contributed by atoms with van der Waals surface area (Å²) in [4.78, 5) is 10.3. The van der Waals surface area contributed by atoms with Crippen molar-refractivity contribution in [3.05, 3.63) is 62.9 Å². The van der Waals surface area contributed by atoms with Gasteiger partial charge in [0.2, 0.25) is 0 Å². The molecule has 0 aliphatic heterocycles. The van der Waals surface area contributed by atoms with Crippen molar-refractivity contribution >= 4 is 23.0 Å². The van der Waals surface area contributed by atoms with Crippen molar-refractivity contribution in [3.63, 3.8) is 0 Å². The molecule has 21 heavy (non-hydrogen) atoms. The van der Waals surface area contributed by atoms with Crippen molar-refractivity contribution in [2.24, 2.45) is 0 Å². The molecular weight excluding hydrogens is 299 g/mol. The lowest BCUT2D eigenvalue weighted by Gasteiger charge is -2.11. The summed E-state index contributed by atoms with van der Waals surface area (Å²) in [7, 11) is 1.48. The van der Waals surface area contributed by atoms with Gasteiger partial charge in [0.1, 0.15) is 11.6 Å². The fourth-order valence-electron chi connectivity index (χ4n) is 1.84. The van der Waals surface area contributed by atoms with Crippen molar-refractivity contribution < 1.29 is 14.1 Å². The molecule has 110 valence electrons. The first kappa shape index (κ1) is 15.1. The smallest absolute Gasteiger partial charge is 0.270 e. The van der Waals surface area contributed by atoms with Gasteiger partial charge in [0, 0.05) is 24.2 Å². The zero-order valence-electron chi connectivity index (χ0n) is 11.1. The molecule has 0 aromatic heterocycles. The Balaban J connectivity index is 2.22. The maximum Gasteiger partial charge on any atom is 0.270 e. The highest BCUT2D eigenvalue weighted by Crippen LogP contribution is 2.27. The maximum absolute atomic E-state index is 13.0. The predicted octanol–water partition coefficient (Wildman–Crippen LogP) is 4.01. The Labute approximate surface area is 125 Å². The molecule has 0 saturated heterocycles. The topological polar surface area (TPSA) is 64.4 Å². The third-order valence-corrected chi connectivity index (χ3v) is 3.19. The molecule has 0 bridgehead atoms. The van der Waals surface area contributed by atoms with E-state index in [1.165, 1.54) is 43.5 Å². The molecule has 1 N–H and O–H groups in total. The van der Waals surface area contributed by atoms with Crippen LogP contribution in [0.15, 0.2) is 36.4 Å². The molecule has 0 saturated carbocycles. The second-order valence-electron chi connectivity index (χ2n) is 4.23. The van der Waals surface area contributed by atoms with Crippen LogP contribution in [0.1, 0.15) is 5.56 Å². The number of methoxy groups -OCH3 is 1. The van der Waals surface area contributed by atoms with E-state index in [-0.39, 0.29) is 17.3 Å². The summed E-state index contributed by atoms with van der Waals surface area (Å²) in [5.41, 5.74) is 1.11. The number of anilines is 1. The van der Waals surface area contributed by atoms with Crippen LogP contribution in [0.25, 0.3) is 0 Å². The SMILES string of the molecule is COc1ccc([N+](=O)[O-])cc1CNc1ccc(F)cc1Cl. The molecule has 0 aliphatic carbocycles. The summed E-state index contributed by atoms with van der Waals surface area (Å²) in [6.07, 6.45) is 0. The van der Waals surface area contributed by atoms with Crippen molar-refractivity contribution in [2.75, 3.05) is 12.4 Å². The Hall–Kier alpha value is -2.34. The zero-order chi connectivity index (χ0) is 15.4. The van der Waals surface area contributed by atoms with E-state index in [0.717, 1.165) is 0 Å². The lowest BCUT2D eigenvalue weighted by Crippen LogP contribution is -2.03. The van der Waals surface area contributed by atoms with Gasteiger partial charge in [-0.3, -0.25) is 10.1 Å². The Kier molecular flexibility index (Phi) is 4.59. The highest BCUT2D eigenvalue weighted by molar-refractivity contribution is 6.33. The number of halogens is 2. The molecule has 0 aliphatic rings. The number of benzene rings is 2. The quantitative estimate of drug-likeness (QED) is 0.669. The van der Waals surface area contributed by atoms with Gasteiger partial charge in [-0.05, 0) is 24.3 Å². The third-order valence-electron chi connectivity index (χ3n) is 2.88. The first-order valence-corrected chi connectivity index (χ1v) is 6.39. The largest absolute Gasteiger partial charge is 0.496 e. The zero-order valence-corrected chi connectivity index (χ0v) is 11.9. The molecule has 0 amide bonds. The molecule has 0 unspecified atom stereocenters. The summed E-state index contributed by atoms with van der Waals surface area (Å²) in [6, 6.07) is 8.28. The lowest BCUT2D eigenvalue weighted by molar-refractivity contribution is -0.384. The van der Waals surface area contributed by atoms with E-state index < -0.39 is 10.7 Å². The molecule has 0 fully saturated rings.